The Balaban J connectivity index is 1.82. The maximum atomic E-state index is 8.81. The van der Waals surface area contributed by atoms with Gasteiger partial charge in [0.25, 0.3) is 0 Å². The van der Waals surface area contributed by atoms with Crippen molar-refractivity contribution >= 4 is 11.5 Å². The number of hydrogen-bond acceptors (Lipinski definition) is 5. The van der Waals surface area contributed by atoms with E-state index >= 15 is 0 Å². The van der Waals surface area contributed by atoms with Crippen LogP contribution in [-0.2, 0) is 6.54 Å². The van der Waals surface area contributed by atoms with E-state index in [-0.39, 0.29) is 5.69 Å². The van der Waals surface area contributed by atoms with Gasteiger partial charge in [0.15, 0.2) is 5.69 Å². The summed E-state index contributed by atoms with van der Waals surface area (Å²) in [5.41, 5.74) is 6.25. The molecule has 0 aliphatic heterocycles. The molecule has 0 radical (unpaired) electrons. The van der Waals surface area contributed by atoms with Crippen molar-refractivity contribution in [2.24, 2.45) is 0 Å². The predicted octanol–water partition coefficient (Wildman–Crippen LogP) is 1.23. The Morgan fingerprint density at radius 2 is 2.33 bits per heavy atom. The smallest absolute Gasteiger partial charge is 0.165 e. The molecule has 0 saturated heterocycles. The lowest BCUT2D eigenvalue weighted by Crippen LogP contribution is -2.08. The minimum absolute atomic E-state index is 0.257. The highest BCUT2D eigenvalue weighted by atomic mass is 15.3. The highest BCUT2D eigenvalue weighted by Crippen LogP contribution is 2.11. The lowest BCUT2D eigenvalue weighted by atomic mass is 10.3. The van der Waals surface area contributed by atoms with Crippen molar-refractivity contribution in [1.82, 2.24) is 14.8 Å². The predicted molar refractivity (Wildman–Crippen MR) is 68.7 cm³/mol. The van der Waals surface area contributed by atoms with E-state index in [9.17, 15) is 0 Å². The Labute approximate surface area is 105 Å². The molecule has 6 nitrogen and oxygen atoms in total. The molecule has 2 aromatic heterocycles. The van der Waals surface area contributed by atoms with Gasteiger partial charge in [-0.25, -0.2) is 4.98 Å². The molecule has 0 bridgehead atoms. The van der Waals surface area contributed by atoms with Crippen LogP contribution in [0.4, 0.5) is 11.5 Å². The van der Waals surface area contributed by atoms with E-state index in [2.05, 4.69) is 15.4 Å². The first kappa shape index (κ1) is 11.9. The van der Waals surface area contributed by atoms with Crippen molar-refractivity contribution in [1.29, 1.82) is 5.26 Å². The summed E-state index contributed by atoms with van der Waals surface area (Å²) in [4.78, 5) is 4.11. The zero-order valence-corrected chi connectivity index (χ0v) is 9.87. The van der Waals surface area contributed by atoms with Gasteiger partial charge in [0, 0.05) is 25.5 Å². The van der Waals surface area contributed by atoms with Crippen LogP contribution in [0, 0.1) is 11.3 Å². The highest BCUT2D eigenvalue weighted by Gasteiger charge is 2.01. The van der Waals surface area contributed by atoms with Gasteiger partial charge < -0.3 is 11.1 Å². The second kappa shape index (κ2) is 5.68. The summed E-state index contributed by atoms with van der Waals surface area (Å²) in [6.07, 6.45) is 4.61. The second-order valence-electron chi connectivity index (χ2n) is 3.80. The van der Waals surface area contributed by atoms with Crippen LogP contribution in [0.3, 0.4) is 0 Å². The maximum Gasteiger partial charge on any atom is 0.165 e. The molecule has 0 aliphatic carbocycles. The normalized spacial score (nSPS) is 9.94. The number of aryl methyl sites for hydroxylation is 1. The van der Waals surface area contributed by atoms with Crippen molar-refractivity contribution in [2.75, 3.05) is 17.6 Å². The van der Waals surface area contributed by atoms with Crippen LogP contribution in [-0.4, -0.2) is 21.3 Å². The molecular weight excluding hydrogens is 228 g/mol. The quantitative estimate of drug-likeness (QED) is 0.769. The van der Waals surface area contributed by atoms with E-state index in [0.29, 0.717) is 11.5 Å². The van der Waals surface area contributed by atoms with E-state index in [4.69, 9.17) is 11.0 Å². The van der Waals surface area contributed by atoms with Gasteiger partial charge in [-0.2, -0.15) is 10.4 Å². The molecule has 0 unspecified atom stereocenters. The second-order valence-corrected chi connectivity index (χ2v) is 3.80. The van der Waals surface area contributed by atoms with E-state index in [1.54, 1.807) is 18.3 Å². The summed E-state index contributed by atoms with van der Waals surface area (Å²) in [7, 11) is 0. The van der Waals surface area contributed by atoms with Crippen LogP contribution in [0.1, 0.15) is 12.1 Å². The average molecular weight is 242 g/mol. The number of nitrogens with zero attached hydrogens (tertiary/aromatic N) is 4. The molecule has 2 aromatic rings. The van der Waals surface area contributed by atoms with Gasteiger partial charge >= 0.3 is 0 Å². The van der Waals surface area contributed by atoms with Crippen molar-refractivity contribution in [3.63, 3.8) is 0 Å². The minimum atomic E-state index is 0.257. The van der Waals surface area contributed by atoms with Gasteiger partial charge in [0.2, 0.25) is 0 Å². The standard InChI is InChI=1S/C12H14N6/c13-9-11-10(14)3-4-12(17-11)15-5-1-7-18-8-2-6-16-18/h2-4,6,8H,1,5,7,14H2,(H,15,17). The fraction of sp³-hybridized carbons (Fsp3) is 0.250. The third-order valence-corrected chi connectivity index (χ3v) is 2.46. The molecule has 0 spiro atoms. The molecule has 0 aromatic carbocycles. The summed E-state index contributed by atoms with van der Waals surface area (Å²) in [5, 5.41) is 16.1. The molecule has 18 heavy (non-hydrogen) atoms. The van der Waals surface area contributed by atoms with Crippen LogP contribution in [0.5, 0.6) is 0 Å². The largest absolute Gasteiger partial charge is 0.396 e. The third kappa shape index (κ3) is 2.98. The van der Waals surface area contributed by atoms with Crippen LogP contribution >= 0.6 is 0 Å². The first-order valence-corrected chi connectivity index (χ1v) is 5.67. The van der Waals surface area contributed by atoms with Gasteiger partial charge in [-0.1, -0.05) is 0 Å². The Hall–Kier alpha value is -2.55. The molecule has 92 valence electrons. The van der Waals surface area contributed by atoms with Gasteiger partial charge in [-0.3, -0.25) is 4.68 Å². The first-order chi connectivity index (χ1) is 8.79. The SMILES string of the molecule is N#Cc1nc(NCCCn2cccn2)ccc1N. The maximum absolute atomic E-state index is 8.81. The van der Waals surface area contributed by atoms with E-state index in [1.165, 1.54) is 0 Å². The molecule has 2 rings (SSSR count). The summed E-state index contributed by atoms with van der Waals surface area (Å²) in [5.74, 6) is 0.668. The molecule has 0 fully saturated rings. The topological polar surface area (TPSA) is 92.5 Å². The van der Waals surface area contributed by atoms with Crippen LogP contribution in [0.2, 0.25) is 0 Å². The number of aromatic nitrogens is 3. The molecule has 3 N–H and O–H groups in total. The fourth-order valence-electron chi connectivity index (χ4n) is 1.55. The lowest BCUT2D eigenvalue weighted by molar-refractivity contribution is 0.591. The molecule has 6 heteroatoms. The van der Waals surface area contributed by atoms with Crippen molar-refractivity contribution in [3.05, 3.63) is 36.3 Å². The average Bonchev–Trinajstić information content (AvgIpc) is 2.89. The first-order valence-electron chi connectivity index (χ1n) is 5.67. The molecule has 0 saturated carbocycles. The Kier molecular flexibility index (Phi) is 3.76. The Morgan fingerprint density at radius 3 is 3.06 bits per heavy atom. The van der Waals surface area contributed by atoms with Gasteiger partial charge in [0.1, 0.15) is 11.9 Å². The Bertz CT molecular complexity index is 540. The fourth-order valence-corrected chi connectivity index (χ4v) is 1.55. The van der Waals surface area contributed by atoms with Crippen LogP contribution < -0.4 is 11.1 Å². The molecule has 0 amide bonds. The molecule has 2 heterocycles. The van der Waals surface area contributed by atoms with E-state index in [0.717, 1.165) is 19.5 Å². The summed E-state index contributed by atoms with van der Waals surface area (Å²) in [6, 6.07) is 7.31. The number of rotatable bonds is 5. The monoisotopic (exact) mass is 242 g/mol. The number of nitrogen functional groups attached to an aromatic ring is 1. The zero-order valence-electron chi connectivity index (χ0n) is 9.87. The summed E-state index contributed by atoms with van der Waals surface area (Å²) < 4.78 is 1.87. The number of nitriles is 1. The van der Waals surface area contributed by atoms with E-state index in [1.807, 2.05) is 23.0 Å². The Morgan fingerprint density at radius 1 is 1.44 bits per heavy atom. The lowest BCUT2D eigenvalue weighted by Gasteiger charge is -2.06. The van der Waals surface area contributed by atoms with Gasteiger partial charge in [0.05, 0.1) is 5.69 Å². The van der Waals surface area contributed by atoms with Crippen molar-refractivity contribution in [2.45, 2.75) is 13.0 Å². The van der Waals surface area contributed by atoms with Gasteiger partial charge in [-0.15, -0.1) is 0 Å². The number of hydrogen-bond donors (Lipinski definition) is 2. The molecule has 0 atom stereocenters. The minimum Gasteiger partial charge on any atom is -0.396 e. The third-order valence-electron chi connectivity index (χ3n) is 2.46. The summed E-state index contributed by atoms with van der Waals surface area (Å²) >= 11 is 0. The summed E-state index contributed by atoms with van der Waals surface area (Å²) in [6.45, 7) is 1.61. The highest BCUT2D eigenvalue weighted by molar-refractivity contribution is 5.54. The zero-order chi connectivity index (χ0) is 12.8. The number of nitrogens with two attached hydrogens (primary N) is 1. The van der Waals surface area contributed by atoms with E-state index < -0.39 is 0 Å². The number of anilines is 2. The van der Waals surface area contributed by atoms with Crippen LogP contribution in [0.15, 0.2) is 30.6 Å². The van der Waals surface area contributed by atoms with Gasteiger partial charge in [-0.05, 0) is 24.6 Å². The van der Waals surface area contributed by atoms with Crippen molar-refractivity contribution in [3.8, 4) is 6.07 Å². The molecule has 0 aliphatic rings. The van der Waals surface area contributed by atoms with Crippen LogP contribution in [0.25, 0.3) is 0 Å². The number of pyridine rings is 1. The molecular formula is C12H14N6. The number of nitrogens with one attached hydrogen (secondary N) is 1. The van der Waals surface area contributed by atoms with Crippen molar-refractivity contribution < 1.29 is 0 Å².